The first kappa shape index (κ1) is 15.8. The van der Waals surface area contributed by atoms with Crippen molar-refractivity contribution in [1.29, 1.82) is 0 Å². The van der Waals surface area contributed by atoms with Gasteiger partial charge in [-0.1, -0.05) is 18.2 Å². The van der Waals surface area contributed by atoms with Crippen LogP contribution in [0.4, 0.5) is 10.5 Å². The smallest absolute Gasteiger partial charge is 0.315 e. The molecule has 3 rings (SSSR count). The molecule has 2 atom stereocenters. The van der Waals surface area contributed by atoms with Crippen molar-refractivity contribution in [2.24, 2.45) is 0 Å². The Morgan fingerprint density at radius 3 is 2.87 bits per heavy atom. The summed E-state index contributed by atoms with van der Waals surface area (Å²) in [4.78, 5) is 18.9. The van der Waals surface area contributed by atoms with Gasteiger partial charge in [0.2, 0.25) is 0 Å². The molecular weight excluding hydrogens is 308 g/mol. The molecular formula is C17H22N4OS. The SMILES string of the molecule is Cc1csc([C@@H](C)NC(=O)N[C@H]2CCN(c3ccccc3)C2)n1. The van der Waals surface area contributed by atoms with E-state index < -0.39 is 0 Å². The molecule has 6 heteroatoms. The van der Waals surface area contributed by atoms with Crippen LogP contribution in [0.2, 0.25) is 0 Å². The number of carbonyl (C=O) groups is 1. The second-order valence-electron chi connectivity index (χ2n) is 5.93. The largest absolute Gasteiger partial charge is 0.369 e. The van der Waals surface area contributed by atoms with Crippen LogP contribution in [0.15, 0.2) is 35.7 Å². The fraction of sp³-hybridized carbons (Fsp3) is 0.412. The van der Waals surface area contributed by atoms with Crippen molar-refractivity contribution in [3.63, 3.8) is 0 Å². The lowest BCUT2D eigenvalue weighted by Gasteiger charge is -2.19. The molecule has 0 saturated carbocycles. The number of nitrogens with zero attached hydrogens (tertiary/aromatic N) is 2. The third-order valence-corrected chi connectivity index (χ3v) is 5.14. The highest BCUT2D eigenvalue weighted by Gasteiger charge is 2.24. The van der Waals surface area contributed by atoms with Crippen molar-refractivity contribution < 1.29 is 4.79 Å². The number of carbonyl (C=O) groups excluding carboxylic acids is 1. The Balaban J connectivity index is 1.49. The van der Waals surface area contributed by atoms with Crippen molar-refractivity contribution in [3.05, 3.63) is 46.4 Å². The van der Waals surface area contributed by atoms with Crippen molar-refractivity contribution in [2.75, 3.05) is 18.0 Å². The quantitative estimate of drug-likeness (QED) is 0.906. The topological polar surface area (TPSA) is 57.3 Å². The normalized spacial score (nSPS) is 18.7. The Kier molecular flexibility index (Phi) is 4.81. The monoisotopic (exact) mass is 330 g/mol. The van der Waals surface area contributed by atoms with Gasteiger partial charge in [0, 0.05) is 35.9 Å². The van der Waals surface area contributed by atoms with Crippen LogP contribution in [-0.4, -0.2) is 30.1 Å². The highest BCUT2D eigenvalue weighted by atomic mass is 32.1. The second kappa shape index (κ2) is 7.00. The molecule has 1 saturated heterocycles. The van der Waals surface area contributed by atoms with E-state index in [-0.39, 0.29) is 18.1 Å². The molecule has 5 nitrogen and oxygen atoms in total. The standard InChI is InChI=1S/C17H22N4OS/c1-12-11-23-16(18-12)13(2)19-17(22)20-14-8-9-21(10-14)15-6-4-3-5-7-15/h3-7,11,13-14H,8-10H2,1-2H3,(H2,19,20,22)/t13-,14+/m1/s1. The summed E-state index contributed by atoms with van der Waals surface area (Å²) in [5, 5.41) is 8.98. The molecule has 1 aromatic carbocycles. The van der Waals surface area contributed by atoms with Gasteiger partial charge in [0.15, 0.2) is 0 Å². The van der Waals surface area contributed by atoms with E-state index in [1.54, 1.807) is 11.3 Å². The maximum Gasteiger partial charge on any atom is 0.315 e. The summed E-state index contributed by atoms with van der Waals surface area (Å²) in [6.45, 7) is 5.74. The fourth-order valence-electron chi connectivity index (χ4n) is 2.81. The lowest BCUT2D eigenvalue weighted by atomic mass is 10.2. The zero-order valence-electron chi connectivity index (χ0n) is 13.5. The van der Waals surface area contributed by atoms with Crippen molar-refractivity contribution in [1.82, 2.24) is 15.6 Å². The summed E-state index contributed by atoms with van der Waals surface area (Å²) < 4.78 is 0. The first-order valence-electron chi connectivity index (χ1n) is 7.91. The molecule has 2 amide bonds. The number of para-hydroxylation sites is 1. The molecule has 2 heterocycles. The molecule has 2 aromatic rings. The Hall–Kier alpha value is -2.08. The Labute approximate surface area is 140 Å². The molecule has 0 unspecified atom stereocenters. The number of nitrogens with one attached hydrogen (secondary N) is 2. The number of thiazole rings is 1. The maximum atomic E-state index is 12.2. The summed E-state index contributed by atoms with van der Waals surface area (Å²) in [5.74, 6) is 0. The first-order chi connectivity index (χ1) is 11.1. The van der Waals surface area contributed by atoms with E-state index in [0.717, 1.165) is 30.2 Å². The third-order valence-electron chi connectivity index (χ3n) is 4.00. The maximum absolute atomic E-state index is 12.2. The fourth-order valence-corrected chi connectivity index (χ4v) is 3.61. The molecule has 0 radical (unpaired) electrons. The number of aryl methyl sites for hydroxylation is 1. The van der Waals surface area contributed by atoms with Crippen molar-refractivity contribution in [2.45, 2.75) is 32.4 Å². The average molecular weight is 330 g/mol. The third kappa shape index (κ3) is 4.01. The predicted molar refractivity (Wildman–Crippen MR) is 94.0 cm³/mol. The summed E-state index contributed by atoms with van der Waals surface area (Å²) in [5.41, 5.74) is 2.21. The van der Waals surface area contributed by atoms with E-state index in [9.17, 15) is 4.79 Å². The number of aromatic nitrogens is 1. The van der Waals surface area contributed by atoms with Gasteiger partial charge in [-0.3, -0.25) is 0 Å². The van der Waals surface area contributed by atoms with Gasteiger partial charge in [-0.2, -0.15) is 0 Å². The zero-order chi connectivity index (χ0) is 16.2. The van der Waals surface area contributed by atoms with Crippen LogP contribution in [0.25, 0.3) is 0 Å². The van der Waals surface area contributed by atoms with Crippen LogP contribution in [-0.2, 0) is 0 Å². The highest BCUT2D eigenvalue weighted by Crippen LogP contribution is 2.20. The zero-order valence-corrected chi connectivity index (χ0v) is 14.3. The second-order valence-corrected chi connectivity index (χ2v) is 6.82. The van der Waals surface area contributed by atoms with E-state index in [1.807, 2.05) is 37.4 Å². The van der Waals surface area contributed by atoms with E-state index in [4.69, 9.17) is 0 Å². The Morgan fingerprint density at radius 2 is 2.17 bits per heavy atom. The molecule has 1 aromatic heterocycles. The minimum Gasteiger partial charge on any atom is -0.369 e. The average Bonchev–Trinajstić information content (AvgIpc) is 3.17. The molecule has 0 spiro atoms. The van der Waals surface area contributed by atoms with Gasteiger partial charge in [0.1, 0.15) is 5.01 Å². The molecule has 1 fully saturated rings. The molecule has 1 aliphatic rings. The van der Waals surface area contributed by atoms with Crippen LogP contribution in [0.5, 0.6) is 0 Å². The van der Waals surface area contributed by atoms with Crippen molar-refractivity contribution in [3.8, 4) is 0 Å². The molecule has 2 N–H and O–H groups in total. The lowest BCUT2D eigenvalue weighted by molar-refractivity contribution is 0.235. The summed E-state index contributed by atoms with van der Waals surface area (Å²) in [6, 6.07) is 10.3. The lowest BCUT2D eigenvalue weighted by Crippen LogP contribution is -2.44. The summed E-state index contributed by atoms with van der Waals surface area (Å²) in [7, 11) is 0. The number of hydrogen-bond acceptors (Lipinski definition) is 4. The van der Waals surface area contributed by atoms with Crippen LogP contribution in [0.3, 0.4) is 0 Å². The Morgan fingerprint density at radius 1 is 1.39 bits per heavy atom. The molecule has 1 aliphatic heterocycles. The van der Waals surface area contributed by atoms with E-state index >= 15 is 0 Å². The minimum atomic E-state index is -0.120. The highest BCUT2D eigenvalue weighted by molar-refractivity contribution is 7.09. The summed E-state index contributed by atoms with van der Waals surface area (Å²) >= 11 is 1.58. The van der Waals surface area contributed by atoms with E-state index in [0.29, 0.717) is 0 Å². The van der Waals surface area contributed by atoms with Crippen LogP contribution in [0, 0.1) is 6.92 Å². The number of anilines is 1. The predicted octanol–water partition coefficient (Wildman–Crippen LogP) is 3.09. The van der Waals surface area contributed by atoms with Crippen LogP contribution >= 0.6 is 11.3 Å². The minimum absolute atomic E-state index is 0.0691. The van der Waals surface area contributed by atoms with Crippen LogP contribution < -0.4 is 15.5 Å². The number of benzene rings is 1. The van der Waals surface area contributed by atoms with Gasteiger partial charge in [0.05, 0.1) is 6.04 Å². The number of urea groups is 1. The van der Waals surface area contributed by atoms with Gasteiger partial charge in [-0.15, -0.1) is 11.3 Å². The van der Waals surface area contributed by atoms with Crippen LogP contribution in [0.1, 0.15) is 30.1 Å². The molecule has 0 aliphatic carbocycles. The van der Waals surface area contributed by atoms with Gasteiger partial charge in [-0.05, 0) is 32.4 Å². The number of amides is 2. The summed E-state index contributed by atoms with van der Waals surface area (Å²) in [6.07, 6.45) is 0.965. The van der Waals surface area contributed by atoms with Gasteiger partial charge >= 0.3 is 6.03 Å². The van der Waals surface area contributed by atoms with Gasteiger partial charge in [-0.25, -0.2) is 9.78 Å². The molecule has 0 bridgehead atoms. The van der Waals surface area contributed by atoms with E-state index in [1.165, 1.54) is 5.69 Å². The number of rotatable bonds is 4. The first-order valence-corrected chi connectivity index (χ1v) is 8.79. The van der Waals surface area contributed by atoms with Gasteiger partial charge < -0.3 is 15.5 Å². The molecule has 23 heavy (non-hydrogen) atoms. The Bertz CT molecular complexity index is 658. The van der Waals surface area contributed by atoms with E-state index in [2.05, 4.69) is 32.7 Å². The van der Waals surface area contributed by atoms with Gasteiger partial charge in [0.25, 0.3) is 0 Å². The van der Waals surface area contributed by atoms with Crippen molar-refractivity contribution >= 4 is 23.1 Å². The molecule has 122 valence electrons. The number of hydrogen-bond donors (Lipinski definition) is 2.